The summed E-state index contributed by atoms with van der Waals surface area (Å²) in [6.07, 6.45) is 1.51. The van der Waals surface area contributed by atoms with Gasteiger partial charge in [-0.25, -0.2) is 9.59 Å². The van der Waals surface area contributed by atoms with E-state index in [1.807, 2.05) is 6.92 Å². The minimum atomic E-state index is -1.05. The summed E-state index contributed by atoms with van der Waals surface area (Å²) >= 11 is 0. The Morgan fingerprint density at radius 1 is 1.33 bits per heavy atom. The fourth-order valence-electron chi connectivity index (χ4n) is 1.36. The van der Waals surface area contributed by atoms with Crippen molar-refractivity contribution in [1.29, 1.82) is 0 Å². The lowest BCUT2D eigenvalue weighted by atomic mass is 10.1. The number of urea groups is 1. The van der Waals surface area contributed by atoms with Gasteiger partial charge in [-0.15, -0.1) is 0 Å². The molecule has 98 valence electrons. The zero-order valence-electron chi connectivity index (χ0n) is 10.6. The van der Waals surface area contributed by atoms with Gasteiger partial charge in [0, 0.05) is 5.69 Å². The lowest BCUT2D eigenvalue weighted by molar-refractivity contribution is -0.140. The second-order valence-electron chi connectivity index (χ2n) is 4.35. The number of aromatic nitrogens is 1. The molecule has 1 atom stereocenters. The molecule has 0 aliphatic rings. The summed E-state index contributed by atoms with van der Waals surface area (Å²) < 4.78 is 0. The first-order chi connectivity index (χ1) is 8.40. The zero-order valence-corrected chi connectivity index (χ0v) is 10.6. The number of carbonyl (C=O) groups excluding carboxylic acids is 1. The number of carbonyl (C=O) groups is 2. The molecular weight excluding hydrogens is 234 g/mol. The molecule has 1 rings (SSSR count). The van der Waals surface area contributed by atoms with Crippen LogP contribution < -0.4 is 10.6 Å². The molecule has 0 fully saturated rings. The maximum Gasteiger partial charge on any atom is 0.326 e. The number of anilines is 1. The molecular formula is C12H17N3O3. The Hall–Kier alpha value is -2.11. The lowest BCUT2D eigenvalue weighted by Gasteiger charge is -2.18. The Labute approximate surface area is 105 Å². The fourth-order valence-corrected chi connectivity index (χ4v) is 1.36. The molecule has 1 heterocycles. The van der Waals surface area contributed by atoms with E-state index in [0.29, 0.717) is 5.69 Å². The smallest absolute Gasteiger partial charge is 0.326 e. The summed E-state index contributed by atoms with van der Waals surface area (Å²) in [7, 11) is 0. The van der Waals surface area contributed by atoms with Crippen LogP contribution in [0.25, 0.3) is 0 Å². The monoisotopic (exact) mass is 251 g/mol. The number of hydrogen-bond donors (Lipinski definition) is 3. The van der Waals surface area contributed by atoms with Crippen molar-refractivity contribution in [3.8, 4) is 0 Å². The van der Waals surface area contributed by atoms with E-state index in [2.05, 4.69) is 15.6 Å². The number of amides is 2. The summed E-state index contributed by atoms with van der Waals surface area (Å²) in [5, 5.41) is 13.9. The van der Waals surface area contributed by atoms with Gasteiger partial charge >= 0.3 is 12.0 Å². The predicted octanol–water partition coefficient (Wildman–Crippen LogP) is 1.62. The lowest BCUT2D eigenvalue weighted by Crippen LogP contribution is -2.46. The third kappa shape index (κ3) is 4.04. The SMILES string of the molecule is Cc1ccc(NC(=O)NC(C(=O)O)C(C)C)cn1. The highest BCUT2D eigenvalue weighted by molar-refractivity contribution is 5.92. The number of nitrogens with zero attached hydrogens (tertiary/aromatic N) is 1. The van der Waals surface area contributed by atoms with Gasteiger partial charge in [0.15, 0.2) is 0 Å². The molecule has 0 aromatic carbocycles. The highest BCUT2D eigenvalue weighted by Gasteiger charge is 2.23. The Morgan fingerprint density at radius 2 is 2.00 bits per heavy atom. The van der Waals surface area contributed by atoms with Crippen LogP contribution in [0.4, 0.5) is 10.5 Å². The predicted molar refractivity (Wildman–Crippen MR) is 67.4 cm³/mol. The molecule has 0 radical (unpaired) electrons. The number of aryl methyl sites for hydroxylation is 1. The van der Waals surface area contributed by atoms with Gasteiger partial charge in [-0.1, -0.05) is 13.8 Å². The van der Waals surface area contributed by atoms with Crippen molar-refractivity contribution >= 4 is 17.7 Å². The Balaban J connectivity index is 2.60. The van der Waals surface area contributed by atoms with Gasteiger partial charge < -0.3 is 15.7 Å². The summed E-state index contributed by atoms with van der Waals surface area (Å²) in [5.41, 5.74) is 1.36. The first-order valence-corrected chi connectivity index (χ1v) is 5.63. The van der Waals surface area contributed by atoms with Crippen LogP contribution in [0.15, 0.2) is 18.3 Å². The van der Waals surface area contributed by atoms with E-state index in [1.165, 1.54) is 6.20 Å². The number of nitrogens with one attached hydrogen (secondary N) is 2. The van der Waals surface area contributed by atoms with Crippen molar-refractivity contribution in [2.45, 2.75) is 26.8 Å². The summed E-state index contributed by atoms with van der Waals surface area (Å²) in [5.74, 6) is -1.24. The van der Waals surface area contributed by atoms with Gasteiger partial charge in [0.05, 0.1) is 11.9 Å². The minimum absolute atomic E-state index is 0.190. The Morgan fingerprint density at radius 3 is 2.44 bits per heavy atom. The topological polar surface area (TPSA) is 91.3 Å². The summed E-state index contributed by atoms with van der Waals surface area (Å²) in [6.45, 7) is 5.29. The molecule has 6 heteroatoms. The molecule has 0 saturated heterocycles. The first-order valence-electron chi connectivity index (χ1n) is 5.63. The second kappa shape index (κ2) is 6.00. The van der Waals surface area contributed by atoms with E-state index in [9.17, 15) is 9.59 Å². The molecule has 0 bridgehead atoms. The summed E-state index contributed by atoms with van der Waals surface area (Å²) in [6, 6.07) is 1.99. The molecule has 18 heavy (non-hydrogen) atoms. The largest absolute Gasteiger partial charge is 0.480 e. The third-order valence-electron chi connectivity index (χ3n) is 2.39. The van der Waals surface area contributed by atoms with Crippen LogP contribution in [-0.4, -0.2) is 28.1 Å². The average molecular weight is 251 g/mol. The first kappa shape index (κ1) is 14.0. The number of carboxylic acids is 1. The molecule has 0 aliphatic carbocycles. The quantitative estimate of drug-likeness (QED) is 0.758. The van der Waals surface area contributed by atoms with Gasteiger partial charge in [-0.05, 0) is 25.0 Å². The third-order valence-corrected chi connectivity index (χ3v) is 2.39. The van der Waals surface area contributed by atoms with Crippen molar-refractivity contribution in [2.75, 3.05) is 5.32 Å². The van der Waals surface area contributed by atoms with Crippen molar-refractivity contribution in [3.05, 3.63) is 24.0 Å². The average Bonchev–Trinajstić information content (AvgIpc) is 2.28. The Kier molecular flexibility index (Phi) is 4.65. The van der Waals surface area contributed by atoms with Crippen LogP contribution in [0.2, 0.25) is 0 Å². The maximum absolute atomic E-state index is 11.6. The van der Waals surface area contributed by atoms with Crippen molar-refractivity contribution in [1.82, 2.24) is 10.3 Å². The normalized spacial score (nSPS) is 12.0. The van der Waals surface area contributed by atoms with Crippen LogP contribution in [0, 0.1) is 12.8 Å². The molecule has 1 aromatic rings. The van der Waals surface area contributed by atoms with Gasteiger partial charge in [0.1, 0.15) is 6.04 Å². The number of rotatable bonds is 4. The molecule has 2 amide bonds. The van der Waals surface area contributed by atoms with E-state index in [0.717, 1.165) is 5.69 Å². The Bertz CT molecular complexity index is 429. The fraction of sp³-hybridized carbons (Fsp3) is 0.417. The van der Waals surface area contributed by atoms with E-state index in [4.69, 9.17) is 5.11 Å². The van der Waals surface area contributed by atoms with E-state index in [-0.39, 0.29) is 5.92 Å². The zero-order chi connectivity index (χ0) is 13.7. The van der Waals surface area contributed by atoms with Crippen molar-refractivity contribution < 1.29 is 14.7 Å². The van der Waals surface area contributed by atoms with E-state index >= 15 is 0 Å². The number of hydrogen-bond acceptors (Lipinski definition) is 3. The van der Waals surface area contributed by atoms with Gasteiger partial charge in [0.2, 0.25) is 0 Å². The van der Waals surface area contributed by atoms with Crippen molar-refractivity contribution in [3.63, 3.8) is 0 Å². The number of pyridine rings is 1. The molecule has 6 nitrogen and oxygen atoms in total. The van der Waals surface area contributed by atoms with E-state index in [1.54, 1.807) is 26.0 Å². The number of aliphatic carboxylic acids is 1. The summed E-state index contributed by atoms with van der Waals surface area (Å²) in [4.78, 5) is 26.5. The molecule has 0 aliphatic heterocycles. The van der Waals surface area contributed by atoms with Gasteiger partial charge in [-0.3, -0.25) is 4.98 Å². The highest BCUT2D eigenvalue weighted by atomic mass is 16.4. The van der Waals surface area contributed by atoms with Crippen LogP contribution >= 0.6 is 0 Å². The molecule has 1 aromatic heterocycles. The van der Waals surface area contributed by atoms with Crippen LogP contribution in [0.5, 0.6) is 0 Å². The van der Waals surface area contributed by atoms with Crippen LogP contribution in [-0.2, 0) is 4.79 Å². The van der Waals surface area contributed by atoms with Crippen LogP contribution in [0.3, 0.4) is 0 Å². The molecule has 0 saturated carbocycles. The number of carboxylic acid groups (broad SMARTS) is 1. The molecule has 1 unspecified atom stereocenters. The standard InChI is InChI=1S/C12H17N3O3/c1-7(2)10(11(16)17)15-12(18)14-9-5-4-8(3)13-6-9/h4-7,10H,1-3H3,(H,16,17)(H2,14,15,18). The highest BCUT2D eigenvalue weighted by Crippen LogP contribution is 2.06. The molecule has 3 N–H and O–H groups in total. The van der Waals surface area contributed by atoms with Crippen LogP contribution in [0.1, 0.15) is 19.5 Å². The minimum Gasteiger partial charge on any atom is -0.480 e. The second-order valence-corrected chi connectivity index (χ2v) is 4.35. The molecule has 0 spiro atoms. The van der Waals surface area contributed by atoms with Gasteiger partial charge in [0.25, 0.3) is 0 Å². The van der Waals surface area contributed by atoms with E-state index < -0.39 is 18.0 Å². The van der Waals surface area contributed by atoms with Gasteiger partial charge in [-0.2, -0.15) is 0 Å². The maximum atomic E-state index is 11.6. The van der Waals surface area contributed by atoms with Crippen molar-refractivity contribution in [2.24, 2.45) is 5.92 Å².